The second kappa shape index (κ2) is 4.42. The van der Waals surface area contributed by atoms with Crippen LogP contribution in [-0.2, 0) is 0 Å². The van der Waals surface area contributed by atoms with Crippen LogP contribution in [-0.4, -0.2) is 11.8 Å². The monoisotopic (exact) mass is 265 g/mol. The summed E-state index contributed by atoms with van der Waals surface area (Å²) in [6.07, 6.45) is 3.55. The van der Waals surface area contributed by atoms with Gasteiger partial charge in [0.15, 0.2) is 5.78 Å². The van der Waals surface area contributed by atoms with Crippen molar-refractivity contribution >= 4 is 16.6 Å². The standard InChI is InChI=1S/C18H19NO/c19-17-13-9-8-12(10-13)16(17)18(20)15-7-3-5-11-4-1-2-6-14(11)15/h1-7,12-13,16-17H,8-10,19H2. The van der Waals surface area contributed by atoms with E-state index >= 15 is 0 Å². The lowest BCUT2D eigenvalue weighted by Crippen LogP contribution is -2.40. The number of nitrogens with two attached hydrogens (primary N) is 1. The van der Waals surface area contributed by atoms with Gasteiger partial charge in [0.25, 0.3) is 0 Å². The predicted octanol–water partition coefficient (Wildman–Crippen LogP) is 3.40. The molecule has 20 heavy (non-hydrogen) atoms. The second-order valence-electron chi connectivity index (χ2n) is 6.33. The number of benzene rings is 2. The Hall–Kier alpha value is -1.67. The first-order valence-electron chi connectivity index (χ1n) is 7.53. The van der Waals surface area contributed by atoms with E-state index in [0.717, 1.165) is 22.8 Å². The number of hydrogen-bond donors (Lipinski definition) is 1. The predicted molar refractivity (Wildman–Crippen MR) is 80.6 cm³/mol. The van der Waals surface area contributed by atoms with E-state index in [1.807, 2.05) is 30.3 Å². The number of carbonyl (C=O) groups is 1. The molecule has 0 saturated heterocycles. The summed E-state index contributed by atoms with van der Waals surface area (Å²) < 4.78 is 0. The van der Waals surface area contributed by atoms with E-state index in [9.17, 15) is 4.79 Å². The Morgan fingerprint density at radius 2 is 1.75 bits per heavy atom. The van der Waals surface area contributed by atoms with Gasteiger partial charge in [0.2, 0.25) is 0 Å². The molecule has 0 spiro atoms. The molecular formula is C18H19NO. The van der Waals surface area contributed by atoms with Crippen molar-refractivity contribution < 1.29 is 4.79 Å². The van der Waals surface area contributed by atoms with Crippen LogP contribution in [0.25, 0.3) is 10.8 Å². The van der Waals surface area contributed by atoms with Crippen LogP contribution < -0.4 is 5.73 Å². The molecule has 0 amide bonds. The van der Waals surface area contributed by atoms with E-state index in [1.54, 1.807) is 0 Å². The molecule has 2 N–H and O–H groups in total. The molecule has 4 rings (SSSR count). The second-order valence-corrected chi connectivity index (χ2v) is 6.33. The van der Waals surface area contributed by atoms with Gasteiger partial charge in [-0.15, -0.1) is 0 Å². The molecule has 2 aromatic carbocycles. The smallest absolute Gasteiger partial charge is 0.168 e. The zero-order chi connectivity index (χ0) is 13.7. The van der Waals surface area contributed by atoms with Crippen LogP contribution in [0.5, 0.6) is 0 Å². The van der Waals surface area contributed by atoms with Crippen molar-refractivity contribution in [3.63, 3.8) is 0 Å². The molecule has 2 bridgehead atoms. The van der Waals surface area contributed by atoms with Crippen LogP contribution in [0.4, 0.5) is 0 Å². The average molecular weight is 265 g/mol. The number of rotatable bonds is 2. The van der Waals surface area contributed by atoms with Crippen LogP contribution in [0.1, 0.15) is 29.6 Å². The highest BCUT2D eigenvalue weighted by Crippen LogP contribution is 2.48. The maximum Gasteiger partial charge on any atom is 0.168 e. The topological polar surface area (TPSA) is 43.1 Å². The summed E-state index contributed by atoms with van der Waals surface area (Å²) in [5, 5.41) is 2.20. The molecule has 2 aliphatic rings. The third-order valence-electron chi connectivity index (χ3n) is 5.34. The lowest BCUT2D eigenvalue weighted by molar-refractivity contribution is 0.0858. The van der Waals surface area contributed by atoms with Crippen LogP contribution in [0.3, 0.4) is 0 Å². The minimum Gasteiger partial charge on any atom is -0.327 e. The summed E-state index contributed by atoms with van der Waals surface area (Å²) in [5.74, 6) is 1.39. The third kappa shape index (κ3) is 1.64. The van der Waals surface area contributed by atoms with E-state index in [0.29, 0.717) is 11.8 Å². The van der Waals surface area contributed by atoms with Gasteiger partial charge < -0.3 is 5.73 Å². The largest absolute Gasteiger partial charge is 0.327 e. The Labute approximate surface area is 119 Å². The molecule has 2 saturated carbocycles. The zero-order valence-corrected chi connectivity index (χ0v) is 11.5. The lowest BCUT2D eigenvalue weighted by Gasteiger charge is -2.27. The highest BCUT2D eigenvalue weighted by molar-refractivity contribution is 6.09. The molecular weight excluding hydrogens is 246 g/mol. The minimum absolute atomic E-state index is 0.0413. The molecule has 2 heteroatoms. The molecule has 4 atom stereocenters. The summed E-state index contributed by atoms with van der Waals surface area (Å²) in [6.45, 7) is 0. The van der Waals surface area contributed by atoms with Crippen molar-refractivity contribution in [2.24, 2.45) is 23.5 Å². The van der Waals surface area contributed by atoms with Crippen LogP contribution in [0.15, 0.2) is 42.5 Å². The highest BCUT2D eigenvalue weighted by Gasteiger charge is 2.49. The van der Waals surface area contributed by atoms with Gasteiger partial charge in [-0.25, -0.2) is 0 Å². The summed E-state index contributed by atoms with van der Waals surface area (Å²) in [4.78, 5) is 13.0. The van der Waals surface area contributed by atoms with Gasteiger partial charge in [0.05, 0.1) is 0 Å². The molecule has 0 aromatic heterocycles. The first-order chi connectivity index (χ1) is 9.75. The Morgan fingerprint density at radius 3 is 2.55 bits per heavy atom. The molecule has 4 unspecified atom stereocenters. The Morgan fingerprint density at radius 1 is 1.00 bits per heavy atom. The Kier molecular flexibility index (Phi) is 2.67. The van der Waals surface area contributed by atoms with Crippen LogP contribution >= 0.6 is 0 Å². The number of hydrogen-bond acceptors (Lipinski definition) is 2. The Bertz CT molecular complexity index is 671. The molecule has 102 valence electrons. The third-order valence-corrected chi connectivity index (χ3v) is 5.34. The van der Waals surface area contributed by atoms with E-state index in [4.69, 9.17) is 5.73 Å². The molecule has 2 aromatic rings. The van der Waals surface area contributed by atoms with Gasteiger partial charge in [0, 0.05) is 17.5 Å². The Balaban J connectivity index is 1.78. The molecule has 0 aliphatic heterocycles. The maximum absolute atomic E-state index is 13.0. The quantitative estimate of drug-likeness (QED) is 0.846. The summed E-state index contributed by atoms with van der Waals surface area (Å²) in [6, 6.07) is 14.2. The van der Waals surface area contributed by atoms with Crippen molar-refractivity contribution in [3.05, 3.63) is 48.0 Å². The highest BCUT2D eigenvalue weighted by atomic mass is 16.1. The van der Waals surface area contributed by atoms with Gasteiger partial charge in [-0.3, -0.25) is 4.79 Å². The van der Waals surface area contributed by atoms with Crippen molar-refractivity contribution in [1.29, 1.82) is 0 Å². The van der Waals surface area contributed by atoms with E-state index in [2.05, 4.69) is 12.1 Å². The van der Waals surface area contributed by atoms with E-state index in [-0.39, 0.29) is 17.7 Å². The van der Waals surface area contributed by atoms with Gasteiger partial charge >= 0.3 is 0 Å². The van der Waals surface area contributed by atoms with Crippen LogP contribution in [0, 0.1) is 17.8 Å². The van der Waals surface area contributed by atoms with Crippen molar-refractivity contribution in [1.82, 2.24) is 0 Å². The van der Waals surface area contributed by atoms with Gasteiger partial charge in [0.1, 0.15) is 0 Å². The molecule has 0 heterocycles. The fraction of sp³-hybridized carbons (Fsp3) is 0.389. The fourth-order valence-corrected chi connectivity index (χ4v) is 4.34. The zero-order valence-electron chi connectivity index (χ0n) is 11.5. The normalized spacial score (nSPS) is 31.9. The molecule has 2 aliphatic carbocycles. The SMILES string of the molecule is NC1C2CCC(C2)C1C(=O)c1cccc2ccccc12. The summed E-state index contributed by atoms with van der Waals surface area (Å²) >= 11 is 0. The lowest BCUT2D eigenvalue weighted by atomic mass is 9.79. The first-order valence-corrected chi connectivity index (χ1v) is 7.53. The number of ketones is 1. The van der Waals surface area contributed by atoms with E-state index < -0.39 is 0 Å². The summed E-state index contributed by atoms with van der Waals surface area (Å²) in [5.41, 5.74) is 7.18. The number of carbonyl (C=O) groups excluding carboxylic acids is 1. The molecule has 2 nitrogen and oxygen atoms in total. The average Bonchev–Trinajstić information content (AvgIpc) is 3.07. The maximum atomic E-state index is 13.0. The minimum atomic E-state index is 0.0413. The number of fused-ring (bicyclic) bond motifs is 3. The molecule has 0 radical (unpaired) electrons. The van der Waals surface area contributed by atoms with Gasteiger partial charge in [-0.2, -0.15) is 0 Å². The van der Waals surface area contributed by atoms with Crippen molar-refractivity contribution in [2.75, 3.05) is 0 Å². The van der Waals surface area contributed by atoms with Crippen molar-refractivity contribution in [3.8, 4) is 0 Å². The van der Waals surface area contributed by atoms with Crippen LogP contribution in [0.2, 0.25) is 0 Å². The van der Waals surface area contributed by atoms with E-state index in [1.165, 1.54) is 12.8 Å². The first kappa shape index (κ1) is 12.1. The van der Waals surface area contributed by atoms with Gasteiger partial charge in [-0.1, -0.05) is 42.5 Å². The van der Waals surface area contributed by atoms with Gasteiger partial charge in [-0.05, 0) is 41.9 Å². The molecule has 2 fully saturated rings. The number of Topliss-reactive ketones (excluding diaryl/α,β-unsaturated/α-hetero) is 1. The van der Waals surface area contributed by atoms with Crippen molar-refractivity contribution in [2.45, 2.75) is 25.3 Å². The fourth-order valence-electron chi connectivity index (χ4n) is 4.34. The summed E-state index contributed by atoms with van der Waals surface area (Å²) in [7, 11) is 0.